The van der Waals surface area contributed by atoms with Crippen molar-refractivity contribution in [1.82, 2.24) is 25.1 Å². The average Bonchev–Trinajstić information content (AvgIpc) is 3.21. The van der Waals surface area contributed by atoms with Crippen molar-refractivity contribution in [2.24, 2.45) is 0 Å². The minimum atomic E-state index is -0.409. The van der Waals surface area contributed by atoms with Gasteiger partial charge in [0.15, 0.2) is 0 Å². The van der Waals surface area contributed by atoms with Gasteiger partial charge in [-0.05, 0) is 17.9 Å². The number of hydrogen-bond donors (Lipinski definition) is 2. The number of hydrogen-bond acceptors (Lipinski definition) is 7. The molecule has 2 N–H and O–H groups in total. The van der Waals surface area contributed by atoms with Gasteiger partial charge in [-0.25, -0.2) is 4.98 Å². The number of carbonyl (C=O) groups is 3. The van der Waals surface area contributed by atoms with E-state index in [9.17, 15) is 14.4 Å². The fourth-order valence-corrected chi connectivity index (χ4v) is 3.77. The summed E-state index contributed by atoms with van der Waals surface area (Å²) < 4.78 is 0. The van der Waals surface area contributed by atoms with E-state index in [4.69, 9.17) is 0 Å². The molecule has 1 aliphatic heterocycles. The van der Waals surface area contributed by atoms with Crippen molar-refractivity contribution in [2.45, 2.75) is 13.3 Å². The van der Waals surface area contributed by atoms with Gasteiger partial charge in [-0.3, -0.25) is 24.3 Å². The van der Waals surface area contributed by atoms with Crippen molar-refractivity contribution in [1.29, 1.82) is 0 Å². The number of nitrogens with zero attached hydrogens (tertiary/aromatic N) is 4. The normalized spacial score (nSPS) is 14.4. The summed E-state index contributed by atoms with van der Waals surface area (Å²) in [4.78, 5) is 49.2. The zero-order chi connectivity index (χ0) is 20.6. The van der Waals surface area contributed by atoms with E-state index < -0.39 is 5.91 Å². The molecule has 0 spiro atoms. The highest BCUT2D eigenvalue weighted by molar-refractivity contribution is 7.12. The van der Waals surface area contributed by atoms with E-state index in [1.807, 2.05) is 11.8 Å². The Morgan fingerprint density at radius 2 is 1.97 bits per heavy atom. The molecule has 0 aromatic carbocycles. The molecular weight excluding hydrogens is 392 g/mol. The van der Waals surface area contributed by atoms with E-state index in [0.29, 0.717) is 49.8 Å². The van der Waals surface area contributed by atoms with Gasteiger partial charge in [-0.1, -0.05) is 6.92 Å². The molecule has 29 heavy (non-hydrogen) atoms. The number of piperazine rings is 1. The highest BCUT2D eigenvalue weighted by Gasteiger charge is 2.26. The predicted octanol–water partition coefficient (Wildman–Crippen LogP) is 1.07. The maximum absolute atomic E-state index is 12.9. The summed E-state index contributed by atoms with van der Waals surface area (Å²) in [5.74, 6) is -0.517. The van der Waals surface area contributed by atoms with Gasteiger partial charge in [0, 0.05) is 45.1 Å². The average molecular weight is 417 g/mol. The number of carbonyl (C=O) groups excluding carboxylic acids is 3. The van der Waals surface area contributed by atoms with Crippen LogP contribution in [0.5, 0.6) is 0 Å². The summed E-state index contributed by atoms with van der Waals surface area (Å²) in [5.41, 5.74) is 0.657. The van der Waals surface area contributed by atoms with E-state index in [2.05, 4.69) is 20.6 Å². The van der Waals surface area contributed by atoms with Gasteiger partial charge in [0.2, 0.25) is 5.91 Å². The number of amides is 3. The number of thiophene rings is 1. The van der Waals surface area contributed by atoms with Crippen LogP contribution in [0.15, 0.2) is 30.0 Å². The van der Waals surface area contributed by atoms with Crippen LogP contribution in [0, 0.1) is 0 Å². The Morgan fingerprint density at radius 3 is 2.66 bits per heavy atom. The maximum Gasteiger partial charge on any atom is 0.275 e. The topological polar surface area (TPSA) is 108 Å². The van der Waals surface area contributed by atoms with Crippen molar-refractivity contribution in [3.05, 3.63) is 40.6 Å². The monoisotopic (exact) mass is 416 g/mol. The maximum atomic E-state index is 12.9. The molecule has 0 atom stereocenters. The van der Waals surface area contributed by atoms with Crippen molar-refractivity contribution < 1.29 is 14.4 Å². The summed E-state index contributed by atoms with van der Waals surface area (Å²) in [7, 11) is 0. The van der Waals surface area contributed by atoms with Gasteiger partial charge in [0.25, 0.3) is 11.8 Å². The van der Waals surface area contributed by atoms with Crippen LogP contribution >= 0.6 is 11.3 Å². The van der Waals surface area contributed by atoms with Crippen LogP contribution in [0.4, 0.5) is 5.69 Å². The van der Waals surface area contributed by atoms with Crippen LogP contribution in [-0.4, -0.2) is 76.8 Å². The molecule has 0 unspecified atom stereocenters. The molecule has 2 aromatic heterocycles. The largest absolute Gasteiger partial charge is 0.355 e. The molecule has 3 heterocycles. The van der Waals surface area contributed by atoms with Crippen molar-refractivity contribution in [2.75, 3.05) is 44.6 Å². The minimum Gasteiger partial charge on any atom is -0.355 e. The number of rotatable bonds is 7. The van der Waals surface area contributed by atoms with Gasteiger partial charge in [-0.2, -0.15) is 0 Å². The van der Waals surface area contributed by atoms with E-state index in [0.717, 1.165) is 6.42 Å². The molecule has 0 aliphatic carbocycles. The lowest BCUT2D eigenvalue weighted by Crippen LogP contribution is -2.51. The third-order valence-corrected chi connectivity index (χ3v) is 5.40. The Kier molecular flexibility index (Phi) is 7.25. The highest BCUT2D eigenvalue weighted by atomic mass is 32.1. The summed E-state index contributed by atoms with van der Waals surface area (Å²) in [5, 5.41) is 7.38. The number of anilines is 1. The summed E-state index contributed by atoms with van der Waals surface area (Å²) >= 11 is 1.29. The quantitative estimate of drug-likeness (QED) is 0.699. The first-order chi connectivity index (χ1) is 14.1. The van der Waals surface area contributed by atoms with E-state index in [1.54, 1.807) is 16.3 Å². The Hall–Kier alpha value is -2.85. The summed E-state index contributed by atoms with van der Waals surface area (Å²) in [6.45, 7) is 5.39. The molecule has 3 amide bonds. The molecule has 2 aromatic rings. The van der Waals surface area contributed by atoms with Crippen molar-refractivity contribution in [3.8, 4) is 0 Å². The first-order valence-electron chi connectivity index (χ1n) is 9.51. The Balaban J connectivity index is 1.55. The van der Waals surface area contributed by atoms with E-state index >= 15 is 0 Å². The molecule has 0 saturated carbocycles. The van der Waals surface area contributed by atoms with Gasteiger partial charge < -0.3 is 15.5 Å². The standard InChI is InChI=1S/C19H24N6O3S/c1-2-4-22-16(26)13-24-7-9-25(10-8-24)19(28)17-14(3-11-29-17)23-18(27)15-12-20-5-6-21-15/h3,5-6,11-12H,2,4,7-10,13H2,1H3,(H,22,26)(H,23,27). The third kappa shape index (κ3) is 5.58. The second kappa shape index (κ2) is 10.1. The second-order valence-corrected chi connectivity index (χ2v) is 7.54. The first-order valence-corrected chi connectivity index (χ1v) is 10.4. The zero-order valence-corrected chi connectivity index (χ0v) is 17.1. The second-order valence-electron chi connectivity index (χ2n) is 6.63. The van der Waals surface area contributed by atoms with Crippen molar-refractivity contribution in [3.63, 3.8) is 0 Å². The summed E-state index contributed by atoms with van der Waals surface area (Å²) in [6, 6.07) is 1.71. The minimum absolute atomic E-state index is 0.0129. The Labute approximate surface area is 173 Å². The molecule has 0 radical (unpaired) electrons. The first kappa shape index (κ1) is 20.9. The fourth-order valence-electron chi connectivity index (χ4n) is 2.95. The lowest BCUT2D eigenvalue weighted by Gasteiger charge is -2.34. The molecule has 1 saturated heterocycles. The lowest BCUT2D eigenvalue weighted by atomic mass is 10.2. The fraction of sp³-hybridized carbons (Fsp3) is 0.421. The lowest BCUT2D eigenvalue weighted by molar-refractivity contribution is -0.122. The molecule has 1 aliphatic rings. The molecule has 10 heteroatoms. The predicted molar refractivity (Wildman–Crippen MR) is 110 cm³/mol. The van der Waals surface area contributed by atoms with Gasteiger partial charge in [0.05, 0.1) is 18.4 Å². The molecule has 9 nitrogen and oxygen atoms in total. The number of nitrogens with one attached hydrogen (secondary N) is 2. The van der Waals surface area contributed by atoms with Crippen LogP contribution in [0.1, 0.15) is 33.5 Å². The molecule has 1 fully saturated rings. The van der Waals surface area contributed by atoms with Gasteiger partial charge in [-0.15, -0.1) is 11.3 Å². The van der Waals surface area contributed by atoms with Crippen molar-refractivity contribution >= 4 is 34.7 Å². The van der Waals surface area contributed by atoms with Crippen LogP contribution in [0.25, 0.3) is 0 Å². The Bertz CT molecular complexity index is 849. The highest BCUT2D eigenvalue weighted by Crippen LogP contribution is 2.25. The smallest absolute Gasteiger partial charge is 0.275 e. The van der Waals surface area contributed by atoms with Crippen LogP contribution in [0.3, 0.4) is 0 Å². The zero-order valence-electron chi connectivity index (χ0n) is 16.3. The number of aromatic nitrogens is 2. The Morgan fingerprint density at radius 1 is 1.17 bits per heavy atom. The van der Waals surface area contributed by atoms with Crippen LogP contribution < -0.4 is 10.6 Å². The van der Waals surface area contributed by atoms with E-state index in [-0.39, 0.29) is 17.5 Å². The molecule has 154 valence electrons. The van der Waals surface area contributed by atoms with Crippen LogP contribution in [0.2, 0.25) is 0 Å². The SMILES string of the molecule is CCCNC(=O)CN1CCN(C(=O)c2sccc2NC(=O)c2cnccn2)CC1. The van der Waals surface area contributed by atoms with E-state index in [1.165, 1.54) is 29.9 Å². The molecular formula is C19H24N6O3S. The molecule has 0 bridgehead atoms. The summed E-state index contributed by atoms with van der Waals surface area (Å²) in [6.07, 6.45) is 5.21. The third-order valence-electron chi connectivity index (χ3n) is 4.50. The van der Waals surface area contributed by atoms with Gasteiger partial charge in [0.1, 0.15) is 10.6 Å². The van der Waals surface area contributed by atoms with Crippen LogP contribution in [-0.2, 0) is 4.79 Å². The molecule has 3 rings (SSSR count). The van der Waals surface area contributed by atoms with Gasteiger partial charge >= 0.3 is 0 Å².